The second kappa shape index (κ2) is 4.50. The Hall–Kier alpha value is -0.960. The molecule has 0 N–H and O–H groups in total. The van der Waals surface area contributed by atoms with E-state index in [1.165, 1.54) is 0 Å². The molecule has 0 aliphatic carbocycles. The molecule has 0 atom stereocenters. The van der Waals surface area contributed by atoms with E-state index >= 15 is 0 Å². The number of rotatable bonds is 1. The van der Waals surface area contributed by atoms with Gasteiger partial charge < -0.3 is 4.74 Å². The lowest BCUT2D eigenvalue weighted by molar-refractivity contribution is -0.132. The summed E-state index contributed by atoms with van der Waals surface area (Å²) in [6, 6.07) is 7.01. The fourth-order valence-electron chi connectivity index (χ4n) is 1.19. The van der Waals surface area contributed by atoms with Gasteiger partial charge in [0.15, 0.2) is 5.76 Å². The molecule has 0 spiro atoms. The molecule has 0 unspecified atom stereocenters. The summed E-state index contributed by atoms with van der Waals surface area (Å²) in [6.45, 7) is 0. The lowest BCUT2D eigenvalue weighted by Gasteiger charge is -1.98. The summed E-state index contributed by atoms with van der Waals surface area (Å²) in [5.41, 5.74) is 0.816. The summed E-state index contributed by atoms with van der Waals surface area (Å²) in [7, 11) is 0. The van der Waals surface area contributed by atoms with Crippen LogP contribution in [0.1, 0.15) is 5.56 Å². The lowest BCUT2D eigenvalue weighted by Crippen LogP contribution is -1.93. The number of benzene rings is 1. The third-order valence-corrected chi connectivity index (χ3v) is 3.03. The van der Waals surface area contributed by atoms with Crippen LogP contribution in [0.15, 0.2) is 40.1 Å². The molecule has 82 valence electrons. The first-order valence-electron chi connectivity index (χ1n) is 4.33. The molecular weight excluding hydrogens is 270 g/mol. The van der Waals surface area contributed by atoms with Crippen molar-refractivity contribution in [1.29, 1.82) is 0 Å². The number of carbonyl (C=O) groups excluding carboxylic acids is 1. The summed E-state index contributed by atoms with van der Waals surface area (Å²) in [4.78, 5) is 11.1. The van der Waals surface area contributed by atoms with Gasteiger partial charge in [-0.2, -0.15) is 0 Å². The van der Waals surface area contributed by atoms with Crippen molar-refractivity contribution < 1.29 is 9.53 Å². The van der Waals surface area contributed by atoms with E-state index in [1.54, 1.807) is 30.3 Å². The number of allylic oxidation sites excluding steroid dienone is 1. The van der Waals surface area contributed by atoms with E-state index < -0.39 is 5.97 Å². The maximum absolute atomic E-state index is 11.1. The Balaban J connectivity index is 2.33. The Labute approximate surface area is 107 Å². The molecule has 16 heavy (non-hydrogen) atoms. The van der Waals surface area contributed by atoms with E-state index in [-0.39, 0.29) is 15.8 Å². The van der Waals surface area contributed by atoms with E-state index in [1.807, 2.05) is 0 Å². The zero-order valence-electron chi connectivity index (χ0n) is 7.84. The molecule has 0 aromatic heterocycles. The van der Waals surface area contributed by atoms with Crippen molar-refractivity contribution >= 4 is 46.8 Å². The minimum absolute atomic E-state index is 0.0955. The molecule has 1 heterocycles. The number of halogens is 3. The Morgan fingerprint density at radius 2 is 1.62 bits per heavy atom. The van der Waals surface area contributed by atoms with Crippen molar-refractivity contribution in [2.75, 3.05) is 0 Å². The zero-order valence-corrected chi connectivity index (χ0v) is 10.1. The first-order valence-corrected chi connectivity index (χ1v) is 5.46. The fourth-order valence-corrected chi connectivity index (χ4v) is 1.62. The molecule has 0 fully saturated rings. The Morgan fingerprint density at radius 3 is 2.12 bits per heavy atom. The van der Waals surface area contributed by atoms with Gasteiger partial charge in [-0.25, -0.2) is 4.79 Å². The highest BCUT2D eigenvalue weighted by Gasteiger charge is 2.27. The van der Waals surface area contributed by atoms with Gasteiger partial charge in [0.1, 0.15) is 10.1 Å². The maximum Gasteiger partial charge on any atom is 0.356 e. The molecule has 0 bridgehead atoms. The Bertz CT molecular complexity index is 500. The first kappa shape index (κ1) is 11.5. The van der Waals surface area contributed by atoms with Crippen molar-refractivity contribution in [3.05, 3.63) is 50.7 Å². The van der Waals surface area contributed by atoms with Crippen LogP contribution in [0.3, 0.4) is 0 Å². The highest BCUT2D eigenvalue weighted by molar-refractivity contribution is 6.50. The minimum Gasteiger partial charge on any atom is -0.421 e. The number of carbonyl (C=O) groups is 1. The molecule has 1 aliphatic rings. The predicted molar refractivity (Wildman–Crippen MR) is 64.3 cm³/mol. The summed E-state index contributed by atoms with van der Waals surface area (Å²) in [6.07, 6.45) is 1.62. The van der Waals surface area contributed by atoms with Crippen LogP contribution >= 0.6 is 34.8 Å². The molecule has 1 aromatic rings. The second-order valence-electron chi connectivity index (χ2n) is 3.08. The van der Waals surface area contributed by atoms with E-state index in [0.29, 0.717) is 5.02 Å². The molecule has 1 aliphatic heterocycles. The van der Waals surface area contributed by atoms with Crippen LogP contribution in [0.25, 0.3) is 6.08 Å². The second-order valence-corrected chi connectivity index (χ2v) is 4.27. The van der Waals surface area contributed by atoms with Crippen LogP contribution in [-0.4, -0.2) is 5.97 Å². The number of cyclic esters (lactones) is 1. The Morgan fingerprint density at radius 1 is 1.00 bits per heavy atom. The van der Waals surface area contributed by atoms with Gasteiger partial charge in [0.25, 0.3) is 0 Å². The highest BCUT2D eigenvalue weighted by atomic mass is 35.5. The lowest BCUT2D eigenvalue weighted by atomic mass is 10.2. The van der Waals surface area contributed by atoms with Gasteiger partial charge in [0.05, 0.1) is 0 Å². The third-order valence-electron chi connectivity index (χ3n) is 1.96. The average Bonchev–Trinajstić information content (AvgIpc) is 2.50. The predicted octanol–water partition coefficient (Wildman–Crippen LogP) is 3.93. The third kappa shape index (κ3) is 2.24. The van der Waals surface area contributed by atoms with E-state index in [0.717, 1.165) is 5.56 Å². The van der Waals surface area contributed by atoms with Crippen molar-refractivity contribution in [3.8, 4) is 0 Å². The Kier molecular flexibility index (Phi) is 3.24. The minimum atomic E-state index is -0.633. The van der Waals surface area contributed by atoms with Crippen molar-refractivity contribution in [2.45, 2.75) is 0 Å². The van der Waals surface area contributed by atoms with Gasteiger partial charge in [0.2, 0.25) is 0 Å². The van der Waals surface area contributed by atoms with Gasteiger partial charge in [-0.15, -0.1) is 0 Å². The largest absolute Gasteiger partial charge is 0.421 e. The van der Waals surface area contributed by atoms with Crippen LogP contribution in [0.2, 0.25) is 5.02 Å². The van der Waals surface area contributed by atoms with Crippen molar-refractivity contribution in [2.24, 2.45) is 0 Å². The molecular formula is C11H5Cl3O2. The molecule has 0 radical (unpaired) electrons. The molecule has 5 heteroatoms. The van der Waals surface area contributed by atoms with E-state index in [4.69, 9.17) is 39.5 Å². The van der Waals surface area contributed by atoms with Gasteiger partial charge in [-0.3, -0.25) is 0 Å². The topological polar surface area (TPSA) is 26.3 Å². The number of ether oxygens (including phenoxy) is 1. The summed E-state index contributed by atoms with van der Waals surface area (Å²) < 4.78 is 4.87. The standard InChI is InChI=1S/C11H5Cl3O2/c12-7-3-1-6(2-4-7)5-8-9(13)10(14)11(15)16-8/h1-5H/b8-5-. The molecule has 0 saturated carbocycles. The SMILES string of the molecule is O=C1O/C(=C\c2ccc(Cl)cc2)C(Cl)=C1Cl. The first-order chi connectivity index (χ1) is 7.58. The molecule has 2 nitrogen and oxygen atoms in total. The van der Waals surface area contributed by atoms with E-state index in [9.17, 15) is 4.79 Å². The highest BCUT2D eigenvalue weighted by Crippen LogP contribution is 2.32. The van der Waals surface area contributed by atoms with Crippen LogP contribution in [0.5, 0.6) is 0 Å². The molecule has 0 amide bonds. The van der Waals surface area contributed by atoms with Gasteiger partial charge in [-0.1, -0.05) is 46.9 Å². The number of hydrogen-bond donors (Lipinski definition) is 0. The summed E-state index contributed by atoms with van der Waals surface area (Å²) in [5.74, 6) is -0.383. The fraction of sp³-hybridized carbons (Fsp3) is 0. The quantitative estimate of drug-likeness (QED) is 0.726. The van der Waals surface area contributed by atoms with Crippen molar-refractivity contribution in [1.82, 2.24) is 0 Å². The van der Waals surface area contributed by atoms with Crippen LogP contribution < -0.4 is 0 Å². The number of esters is 1. The summed E-state index contributed by atoms with van der Waals surface area (Å²) in [5, 5.41) is 0.661. The average molecular weight is 276 g/mol. The van der Waals surface area contributed by atoms with Gasteiger partial charge in [-0.05, 0) is 23.8 Å². The van der Waals surface area contributed by atoms with Gasteiger partial charge in [0, 0.05) is 5.02 Å². The monoisotopic (exact) mass is 274 g/mol. The van der Waals surface area contributed by atoms with E-state index in [2.05, 4.69) is 0 Å². The maximum atomic E-state index is 11.1. The zero-order chi connectivity index (χ0) is 11.7. The number of hydrogen-bond acceptors (Lipinski definition) is 2. The molecule has 1 aromatic carbocycles. The smallest absolute Gasteiger partial charge is 0.356 e. The molecule has 2 rings (SSSR count). The van der Waals surface area contributed by atoms with Crippen LogP contribution in [0, 0.1) is 0 Å². The normalized spacial score (nSPS) is 18.2. The van der Waals surface area contributed by atoms with Crippen LogP contribution in [0.4, 0.5) is 0 Å². The van der Waals surface area contributed by atoms with Crippen LogP contribution in [-0.2, 0) is 9.53 Å². The van der Waals surface area contributed by atoms with Crippen molar-refractivity contribution in [3.63, 3.8) is 0 Å². The van der Waals surface area contributed by atoms with Gasteiger partial charge >= 0.3 is 5.97 Å². The summed E-state index contributed by atoms with van der Waals surface area (Å²) >= 11 is 17.2. The molecule has 0 saturated heterocycles.